The molecule has 14 heteroatoms. The molecule has 1 fully saturated rings. The van der Waals surface area contributed by atoms with Gasteiger partial charge in [0.25, 0.3) is 0 Å². The maximum atomic E-state index is 13.0. The van der Waals surface area contributed by atoms with Gasteiger partial charge in [-0.05, 0) is 84.7 Å². The molecule has 2 unspecified atom stereocenters. The fourth-order valence-electron chi connectivity index (χ4n) is 4.65. The van der Waals surface area contributed by atoms with Gasteiger partial charge in [-0.15, -0.1) is 0 Å². The molecule has 4 bridgehead atoms. The zero-order chi connectivity index (χ0) is 27.2. The second-order valence-corrected chi connectivity index (χ2v) is 12.1. The van der Waals surface area contributed by atoms with Gasteiger partial charge in [-0.2, -0.15) is 43.2 Å². The van der Waals surface area contributed by atoms with Crippen molar-refractivity contribution >= 4 is 20.2 Å². The summed E-state index contributed by atoms with van der Waals surface area (Å²) < 4.78 is 134. The van der Waals surface area contributed by atoms with Crippen molar-refractivity contribution in [3.63, 3.8) is 0 Å². The lowest BCUT2D eigenvalue weighted by Gasteiger charge is -2.39. The second kappa shape index (κ2) is 9.68. The largest absolute Gasteiger partial charge is 0.534 e. The minimum absolute atomic E-state index is 0.149. The molecule has 0 saturated heterocycles. The molecule has 1 saturated carbocycles. The van der Waals surface area contributed by atoms with Crippen LogP contribution >= 0.6 is 0 Å². The van der Waals surface area contributed by atoms with Crippen LogP contribution < -0.4 is 8.37 Å². The number of aryl methyl sites for hydroxylation is 2. The van der Waals surface area contributed by atoms with Crippen LogP contribution in [-0.4, -0.2) is 27.9 Å². The molecule has 6 nitrogen and oxygen atoms in total. The summed E-state index contributed by atoms with van der Waals surface area (Å²) in [7, 11) is -12.0. The first-order valence-corrected chi connectivity index (χ1v) is 14.2. The smallest absolute Gasteiger partial charge is 0.376 e. The number of rotatable bonds is 4. The van der Waals surface area contributed by atoms with Crippen molar-refractivity contribution in [2.24, 2.45) is 0 Å². The van der Waals surface area contributed by atoms with Gasteiger partial charge in [0.1, 0.15) is 11.5 Å². The summed E-state index contributed by atoms with van der Waals surface area (Å²) in [5.74, 6) is -2.37. The fraction of sp³-hybridized carbons (Fsp3) is 0.478. The fourth-order valence-corrected chi connectivity index (χ4v) is 5.61. The average Bonchev–Trinajstić information content (AvgIpc) is 2.74. The molecule has 37 heavy (non-hydrogen) atoms. The Hall–Kier alpha value is -2.48. The average molecular weight is 573 g/mol. The summed E-state index contributed by atoms with van der Waals surface area (Å²) in [6.45, 7) is 0. The van der Waals surface area contributed by atoms with Gasteiger partial charge in [0, 0.05) is 0 Å². The molecular formula is C23H22F6O6S2. The Kier molecular flexibility index (Phi) is 7.21. The van der Waals surface area contributed by atoms with E-state index in [4.69, 9.17) is 0 Å². The Labute approximate surface area is 209 Å². The predicted octanol–water partition coefficient (Wildman–Crippen LogP) is 6.07. The van der Waals surface area contributed by atoms with Gasteiger partial charge in [0.05, 0.1) is 0 Å². The maximum Gasteiger partial charge on any atom is 0.534 e. The lowest BCUT2D eigenvalue weighted by molar-refractivity contribution is -0.0505. The van der Waals surface area contributed by atoms with E-state index in [1.54, 1.807) is 12.1 Å². The zero-order valence-electron chi connectivity index (χ0n) is 19.1. The molecule has 0 spiro atoms. The van der Waals surface area contributed by atoms with Crippen LogP contribution in [0.25, 0.3) is 0 Å². The first kappa shape index (κ1) is 27.6. The third kappa shape index (κ3) is 5.69. The Morgan fingerprint density at radius 3 is 1.32 bits per heavy atom. The van der Waals surface area contributed by atoms with Crippen LogP contribution in [0.3, 0.4) is 0 Å². The van der Waals surface area contributed by atoms with Crippen molar-refractivity contribution in [2.45, 2.75) is 67.8 Å². The molecule has 0 aliphatic heterocycles. The van der Waals surface area contributed by atoms with Crippen LogP contribution in [0.5, 0.6) is 11.5 Å². The first-order valence-electron chi connectivity index (χ1n) is 11.4. The van der Waals surface area contributed by atoms with E-state index in [0.717, 1.165) is 42.5 Å². The Morgan fingerprint density at radius 1 is 0.622 bits per heavy atom. The number of benzene rings is 2. The summed E-state index contributed by atoms with van der Waals surface area (Å²) in [5, 5.41) is 0. The molecule has 0 radical (unpaired) electrons. The van der Waals surface area contributed by atoms with Crippen molar-refractivity contribution in [3.8, 4) is 11.5 Å². The quantitative estimate of drug-likeness (QED) is 0.251. The normalized spacial score (nSPS) is 20.9. The Bertz CT molecular complexity index is 1280. The number of hydrogen-bond acceptors (Lipinski definition) is 6. The molecule has 2 aromatic carbocycles. The summed E-state index contributed by atoms with van der Waals surface area (Å²) in [4.78, 5) is 0. The van der Waals surface area contributed by atoms with Crippen LogP contribution in [-0.2, 0) is 33.1 Å². The molecule has 2 aliphatic rings. The van der Waals surface area contributed by atoms with Crippen molar-refractivity contribution < 1.29 is 51.5 Å². The van der Waals surface area contributed by atoms with E-state index in [-0.39, 0.29) is 11.1 Å². The van der Waals surface area contributed by atoms with Crippen LogP contribution in [0.15, 0.2) is 36.4 Å². The summed E-state index contributed by atoms with van der Waals surface area (Å²) in [5.41, 5.74) is -9.56. The van der Waals surface area contributed by atoms with Crippen molar-refractivity contribution in [1.29, 1.82) is 0 Å². The van der Waals surface area contributed by atoms with E-state index in [2.05, 4.69) is 8.37 Å². The predicted molar refractivity (Wildman–Crippen MR) is 120 cm³/mol. The molecule has 0 N–H and O–H groups in total. The van der Waals surface area contributed by atoms with Crippen LogP contribution in [0, 0.1) is 0 Å². The Morgan fingerprint density at radius 2 is 1.00 bits per heavy atom. The van der Waals surface area contributed by atoms with Gasteiger partial charge >= 0.3 is 31.3 Å². The van der Waals surface area contributed by atoms with Gasteiger partial charge in [-0.3, -0.25) is 0 Å². The third-order valence-electron chi connectivity index (χ3n) is 6.62. The number of halogens is 6. The summed E-state index contributed by atoms with van der Waals surface area (Å²) >= 11 is 0. The summed E-state index contributed by atoms with van der Waals surface area (Å²) in [6, 6.07) is 8.33. The van der Waals surface area contributed by atoms with Crippen molar-refractivity contribution in [2.75, 3.05) is 0 Å². The topological polar surface area (TPSA) is 86.7 Å². The van der Waals surface area contributed by atoms with E-state index in [1.807, 2.05) is 0 Å². The molecule has 2 atom stereocenters. The SMILES string of the molecule is O=S(=O)(Oc1ccc2cc1C1CCC1c1cc(ccc1OS(=O)(=O)C(F)(F)F)CCCCC2)C(F)(F)F. The molecule has 0 aromatic heterocycles. The highest BCUT2D eigenvalue weighted by molar-refractivity contribution is 7.88. The standard InChI is InChI=1S/C23H22F6O6S2/c24-22(25,26)36(30,31)34-20-10-6-14-4-2-1-3-5-15-7-11-21(35-37(32,33)23(27,28)29)19(13-15)17-9-8-16(17)18(20)12-14/h6-7,10-13,16-17H,1-5,8-9H2. The van der Waals surface area contributed by atoms with Gasteiger partial charge < -0.3 is 8.37 Å². The third-order valence-corrected chi connectivity index (χ3v) is 8.55. The highest BCUT2D eigenvalue weighted by atomic mass is 32.2. The van der Waals surface area contributed by atoms with Gasteiger partial charge in [-0.1, -0.05) is 30.7 Å². The van der Waals surface area contributed by atoms with Gasteiger partial charge in [0.2, 0.25) is 0 Å². The molecule has 204 valence electrons. The van der Waals surface area contributed by atoms with Gasteiger partial charge in [0.15, 0.2) is 0 Å². The minimum atomic E-state index is -5.98. The van der Waals surface area contributed by atoms with Crippen molar-refractivity contribution in [1.82, 2.24) is 0 Å². The first-order chi connectivity index (χ1) is 17.1. The van der Waals surface area contributed by atoms with Crippen LogP contribution in [0.4, 0.5) is 26.3 Å². The molecular weight excluding hydrogens is 550 g/mol. The van der Waals surface area contributed by atoms with Crippen LogP contribution in [0.1, 0.15) is 66.2 Å². The molecule has 2 aliphatic carbocycles. The number of fused-ring (bicyclic) bond motifs is 7. The van der Waals surface area contributed by atoms with Crippen LogP contribution in [0.2, 0.25) is 0 Å². The lowest BCUT2D eigenvalue weighted by Crippen LogP contribution is -2.30. The maximum absolute atomic E-state index is 13.0. The Balaban J connectivity index is 1.81. The van der Waals surface area contributed by atoms with Gasteiger partial charge in [-0.25, -0.2) is 0 Å². The molecule has 2 aromatic rings. The number of hydrogen-bond donors (Lipinski definition) is 0. The number of alkyl halides is 6. The molecule has 0 heterocycles. The van der Waals surface area contributed by atoms with E-state index in [9.17, 15) is 43.2 Å². The highest BCUT2D eigenvalue weighted by Crippen LogP contribution is 2.54. The monoisotopic (exact) mass is 572 g/mol. The van der Waals surface area contributed by atoms with E-state index in [1.165, 1.54) is 12.1 Å². The minimum Gasteiger partial charge on any atom is -0.376 e. The molecule has 4 rings (SSSR count). The van der Waals surface area contributed by atoms with E-state index < -0.39 is 54.6 Å². The zero-order valence-corrected chi connectivity index (χ0v) is 20.7. The van der Waals surface area contributed by atoms with E-state index >= 15 is 0 Å². The molecule has 0 amide bonds. The summed E-state index contributed by atoms with van der Waals surface area (Å²) in [6.07, 6.45) is 4.12. The second-order valence-electron chi connectivity index (χ2n) is 9.06. The highest BCUT2D eigenvalue weighted by Gasteiger charge is 2.50. The van der Waals surface area contributed by atoms with Crippen molar-refractivity contribution in [3.05, 3.63) is 58.7 Å². The van der Waals surface area contributed by atoms with E-state index in [0.29, 0.717) is 25.7 Å². The lowest BCUT2D eigenvalue weighted by atomic mass is 9.66.